The van der Waals surface area contributed by atoms with Crippen LogP contribution in [0.15, 0.2) is 129 Å². The highest BCUT2D eigenvalue weighted by atomic mass is 15.3. The molecule has 10 rings (SSSR count). The Bertz CT molecular complexity index is 2400. The maximum absolute atomic E-state index is 4.92. The lowest BCUT2D eigenvalue weighted by Gasteiger charge is -2.33. The molecule has 7 aromatic rings. The van der Waals surface area contributed by atoms with E-state index in [9.17, 15) is 0 Å². The Morgan fingerprint density at radius 3 is 1.83 bits per heavy atom. The quantitative estimate of drug-likeness (QED) is 0.253. The molecule has 220 valence electrons. The highest BCUT2D eigenvalue weighted by molar-refractivity contribution is 5.86. The van der Waals surface area contributed by atoms with Crippen LogP contribution in [0, 0.1) is 0 Å². The molecule has 0 saturated carbocycles. The first-order valence-corrected chi connectivity index (χ1v) is 15.4. The molecule has 0 radical (unpaired) electrons. The second-order valence-corrected chi connectivity index (χ2v) is 12.0. The van der Waals surface area contributed by atoms with Crippen molar-refractivity contribution in [1.82, 2.24) is 35.1 Å². The molecule has 1 N–H and O–H groups in total. The van der Waals surface area contributed by atoms with E-state index in [1.54, 1.807) is 6.20 Å². The van der Waals surface area contributed by atoms with Crippen LogP contribution in [-0.4, -0.2) is 57.3 Å². The van der Waals surface area contributed by atoms with Crippen LogP contribution in [-0.2, 0) is 11.0 Å². The fourth-order valence-electron chi connectivity index (χ4n) is 8.17. The number of nitrogens with zero attached hydrogens (tertiary/aromatic N) is 8. The van der Waals surface area contributed by atoms with E-state index < -0.39 is 11.0 Å². The Morgan fingerprint density at radius 2 is 1.21 bits per heavy atom. The van der Waals surface area contributed by atoms with Crippen LogP contribution in [0.4, 0.5) is 11.5 Å². The van der Waals surface area contributed by atoms with E-state index in [1.165, 1.54) is 0 Å². The van der Waals surface area contributed by atoms with E-state index in [-0.39, 0.29) is 0 Å². The number of aromatic amines is 1. The summed E-state index contributed by atoms with van der Waals surface area (Å²) in [4.78, 5) is 23.6. The predicted molar refractivity (Wildman–Crippen MR) is 174 cm³/mol. The molecule has 9 nitrogen and oxygen atoms in total. The summed E-state index contributed by atoms with van der Waals surface area (Å²) in [6, 6.07) is 26.9. The second kappa shape index (κ2) is 9.29. The number of hydrogen-bond acceptors (Lipinski definition) is 6. The van der Waals surface area contributed by atoms with Gasteiger partial charge in [0.2, 0.25) is 0 Å². The van der Waals surface area contributed by atoms with Crippen molar-refractivity contribution in [3.05, 3.63) is 168 Å². The van der Waals surface area contributed by atoms with Crippen LogP contribution in [0.3, 0.4) is 0 Å². The van der Waals surface area contributed by atoms with E-state index >= 15 is 0 Å². The van der Waals surface area contributed by atoms with Crippen molar-refractivity contribution in [2.24, 2.45) is 0 Å². The zero-order valence-corrected chi connectivity index (χ0v) is 25.2. The summed E-state index contributed by atoms with van der Waals surface area (Å²) in [5, 5.41) is 7.78. The van der Waals surface area contributed by atoms with E-state index in [2.05, 4.69) is 95.3 Å². The average molecular weight is 608 g/mol. The lowest BCUT2D eigenvalue weighted by molar-refractivity contribution is -0.520. The SMILES string of the molecule is C[N+]1=C=[N+](C2(c3cccc(C4(c5ccn[nH]5)c5cnccc5-c5ccncc54)c3)c3cnccc3-c3ccncc32)c2ncccc21. The van der Waals surface area contributed by atoms with Gasteiger partial charge in [0, 0.05) is 73.6 Å². The molecule has 1 aromatic carbocycles. The molecule has 6 aromatic heterocycles. The summed E-state index contributed by atoms with van der Waals surface area (Å²) >= 11 is 0. The fraction of sp³-hybridized carbons (Fsp3) is 0.0789. The molecule has 2 aliphatic carbocycles. The predicted octanol–water partition coefficient (Wildman–Crippen LogP) is 5.83. The van der Waals surface area contributed by atoms with Crippen LogP contribution in [0.1, 0.15) is 39.1 Å². The van der Waals surface area contributed by atoms with Crippen molar-refractivity contribution >= 4 is 17.5 Å². The standard InChI is InChI=1S/C38H25N9/c1-46-23-47(36-34(46)6-3-12-43-36)38(32-21-41-15-9-28(32)29-10-16-42-22-33(29)38)25-5-2-4-24(18-25)37(35-11-17-44-45-35)30-19-39-13-7-26(30)27-8-14-40-20-31(27)37/h2-22H,1H3,(H,44,45)/q+2. The van der Waals surface area contributed by atoms with Crippen molar-refractivity contribution in [3.63, 3.8) is 0 Å². The van der Waals surface area contributed by atoms with E-state index in [4.69, 9.17) is 4.98 Å². The molecule has 3 aliphatic rings. The third kappa shape index (κ3) is 3.13. The van der Waals surface area contributed by atoms with Crippen LogP contribution < -0.4 is 0 Å². The van der Waals surface area contributed by atoms with Gasteiger partial charge in [-0.05, 0) is 81.4 Å². The van der Waals surface area contributed by atoms with Crippen LogP contribution >= 0.6 is 0 Å². The minimum absolute atomic E-state index is 0.750. The summed E-state index contributed by atoms with van der Waals surface area (Å²) in [5.74, 6) is 0.806. The summed E-state index contributed by atoms with van der Waals surface area (Å²) in [6.45, 7) is 0. The van der Waals surface area contributed by atoms with Gasteiger partial charge in [-0.3, -0.25) is 25.0 Å². The van der Waals surface area contributed by atoms with Crippen molar-refractivity contribution in [2.45, 2.75) is 11.0 Å². The molecule has 0 spiro atoms. The second-order valence-electron chi connectivity index (χ2n) is 12.0. The van der Waals surface area contributed by atoms with Crippen molar-refractivity contribution in [3.8, 4) is 22.3 Å². The summed E-state index contributed by atoms with van der Waals surface area (Å²) < 4.78 is 4.17. The molecule has 47 heavy (non-hydrogen) atoms. The number of pyridine rings is 5. The topological polar surface area (TPSA) is 99.2 Å². The Balaban J connectivity index is 1.34. The summed E-state index contributed by atoms with van der Waals surface area (Å²) in [6.07, 6.45) is 18.9. The first kappa shape index (κ1) is 25.8. The fourth-order valence-corrected chi connectivity index (χ4v) is 8.17. The van der Waals surface area contributed by atoms with Gasteiger partial charge >= 0.3 is 17.5 Å². The number of benzene rings is 1. The van der Waals surface area contributed by atoms with Gasteiger partial charge < -0.3 is 0 Å². The van der Waals surface area contributed by atoms with Crippen LogP contribution in [0.5, 0.6) is 0 Å². The zero-order chi connectivity index (χ0) is 31.2. The summed E-state index contributed by atoms with van der Waals surface area (Å²) in [7, 11) is 2.01. The Labute approximate surface area is 269 Å². The number of rotatable bonds is 4. The highest BCUT2D eigenvalue weighted by Crippen LogP contribution is 2.58. The first-order valence-electron chi connectivity index (χ1n) is 15.4. The van der Waals surface area contributed by atoms with Crippen molar-refractivity contribution in [1.29, 1.82) is 0 Å². The number of fused-ring (bicyclic) bond motifs is 7. The van der Waals surface area contributed by atoms with E-state index in [0.29, 0.717) is 0 Å². The van der Waals surface area contributed by atoms with Gasteiger partial charge in [-0.15, -0.1) is 0 Å². The Morgan fingerprint density at radius 1 is 0.617 bits per heavy atom. The monoisotopic (exact) mass is 607 g/mol. The van der Waals surface area contributed by atoms with Gasteiger partial charge in [-0.25, -0.2) is 0 Å². The minimum atomic E-state index is -0.889. The van der Waals surface area contributed by atoms with Crippen LogP contribution in [0.2, 0.25) is 0 Å². The van der Waals surface area contributed by atoms with Gasteiger partial charge in [0.15, 0.2) is 7.05 Å². The number of hydrogen-bond donors (Lipinski definition) is 1. The molecule has 7 heterocycles. The van der Waals surface area contributed by atoms with Gasteiger partial charge in [0.1, 0.15) is 0 Å². The zero-order valence-electron chi connectivity index (χ0n) is 25.2. The molecule has 0 bridgehead atoms. The minimum Gasteiger partial charge on any atom is -0.281 e. The number of nitrogens with one attached hydrogen (secondary N) is 1. The van der Waals surface area contributed by atoms with E-state index in [1.807, 2.05) is 79.5 Å². The molecule has 0 amide bonds. The molecule has 0 saturated heterocycles. The van der Waals surface area contributed by atoms with Gasteiger partial charge in [-0.1, -0.05) is 27.4 Å². The molecule has 0 unspecified atom stereocenters. The normalized spacial score (nSPS) is 15.6. The molecule has 1 aliphatic heterocycles. The third-order valence-electron chi connectivity index (χ3n) is 9.99. The van der Waals surface area contributed by atoms with Crippen molar-refractivity contribution < 1.29 is 9.15 Å². The van der Waals surface area contributed by atoms with Gasteiger partial charge in [0.05, 0.1) is 22.2 Å². The molecular formula is C38H25N9+2. The lowest BCUT2D eigenvalue weighted by Crippen LogP contribution is -2.38. The lowest BCUT2D eigenvalue weighted by atomic mass is 9.69. The van der Waals surface area contributed by atoms with Crippen LogP contribution in [0.25, 0.3) is 22.3 Å². The smallest absolute Gasteiger partial charge is 0.281 e. The maximum atomic E-state index is 4.92. The Kier molecular flexibility index (Phi) is 5.11. The largest absolute Gasteiger partial charge is 0.492 e. The number of aromatic nitrogens is 7. The average Bonchev–Trinajstić information content (AvgIpc) is 3.91. The summed E-state index contributed by atoms with van der Waals surface area (Å²) in [5.41, 5.74) is 11.0. The molecule has 0 atom stereocenters. The van der Waals surface area contributed by atoms with E-state index in [0.717, 1.165) is 72.8 Å². The number of H-pyrrole nitrogens is 1. The van der Waals surface area contributed by atoms with Crippen molar-refractivity contribution in [2.75, 3.05) is 7.05 Å². The maximum Gasteiger partial charge on any atom is 0.492 e. The highest BCUT2D eigenvalue weighted by Gasteiger charge is 2.60. The first-order chi connectivity index (χ1) is 23.2. The van der Waals surface area contributed by atoms with Gasteiger partial charge in [-0.2, -0.15) is 10.1 Å². The molecule has 0 fully saturated rings. The molecular weight excluding hydrogens is 582 g/mol. The Hall–Kier alpha value is -6.44. The third-order valence-corrected chi connectivity index (χ3v) is 9.99. The molecule has 9 heteroatoms. The van der Waals surface area contributed by atoms with Gasteiger partial charge in [0.25, 0.3) is 5.54 Å².